The number of nitrogens with zero attached hydrogens (tertiary/aromatic N) is 1. The highest BCUT2D eigenvalue weighted by atomic mass is 127. The molecule has 4 nitrogen and oxygen atoms in total. The Labute approximate surface area is 133 Å². The molecule has 0 aliphatic rings. The summed E-state index contributed by atoms with van der Waals surface area (Å²) in [4.78, 5) is 12.8. The van der Waals surface area contributed by atoms with E-state index < -0.39 is 10.7 Å². The van der Waals surface area contributed by atoms with Crippen molar-refractivity contribution in [2.45, 2.75) is 19.9 Å². The lowest BCUT2D eigenvalue weighted by Gasteiger charge is -2.14. The summed E-state index contributed by atoms with van der Waals surface area (Å²) in [7, 11) is 0. The molecule has 0 aliphatic carbocycles. The van der Waals surface area contributed by atoms with E-state index in [2.05, 4.69) is 5.32 Å². The van der Waals surface area contributed by atoms with E-state index in [9.17, 15) is 14.5 Å². The number of nitro groups is 1. The van der Waals surface area contributed by atoms with Crippen LogP contribution in [-0.4, -0.2) is 4.92 Å². The van der Waals surface area contributed by atoms with Gasteiger partial charge in [0.2, 0.25) is 0 Å². The fraction of sp³-hybridized carbons (Fsp3) is 0.231. The molecule has 0 spiro atoms. The van der Waals surface area contributed by atoms with Gasteiger partial charge in [-0.15, -0.1) is 11.3 Å². The van der Waals surface area contributed by atoms with Gasteiger partial charge in [0.25, 0.3) is 5.69 Å². The van der Waals surface area contributed by atoms with Crippen molar-refractivity contribution in [3.8, 4) is 0 Å². The molecule has 7 heteroatoms. The van der Waals surface area contributed by atoms with E-state index in [1.54, 1.807) is 33.9 Å². The van der Waals surface area contributed by atoms with Gasteiger partial charge in [0.1, 0.15) is 11.5 Å². The number of hydrogen-bond acceptors (Lipinski definition) is 4. The average molecular weight is 406 g/mol. The summed E-state index contributed by atoms with van der Waals surface area (Å²) in [5.74, 6) is -0.465. The zero-order valence-electron chi connectivity index (χ0n) is 10.8. The van der Waals surface area contributed by atoms with Crippen LogP contribution in [0.1, 0.15) is 22.7 Å². The lowest BCUT2D eigenvalue weighted by atomic mass is 10.2. The average Bonchev–Trinajstić information content (AvgIpc) is 2.80. The Bertz CT molecular complexity index is 660. The van der Waals surface area contributed by atoms with E-state index in [1.807, 2.05) is 26.0 Å². The van der Waals surface area contributed by atoms with Crippen LogP contribution in [0.5, 0.6) is 0 Å². The Morgan fingerprint density at radius 1 is 1.45 bits per heavy atom. The zero-order chi connectivity index (χ0) is 14.9. The molecule has 0 saturated carbocycles. The van der Waals surface area contributed by atoms with Crippen molar-refractivity contribution in [2.24, 2.45) is 0 Å². The van der Waals surface area contributed by atoms with Crippen molar-refractivity contribution in [3.63, 3.8) is 0 Å². The summed E-state index contributed by atoms with van der Waals surface area (Å²) in [5.41, 5.74) is 0.0856. The van der Waals surface area contributed by atoms with Crippen molar-refractivity contribution in [1.82, 2.24) is 0 Å². The highest BCUT2D eigenvalue weighted by Gasteiger charge is 2.19. The molecule has 0 aliphatic heterocycles. The van der Waals surface area contributed by atoms with E-state index in [4.69, 9.17) is 0 Å². The van der Waals surface area contributed by atoms with Crippen molar-refractivity contribution in [1.29, 1.82) is 0 Å². The van der Waals surface area contributed by atoms with Gasteiger partial charge in [0, 0.05) is 21.9 Å². The number of benzene rings is 1. The van der Waals surface area contributed by atoms with Gasteiger partial charge in [-0.1, -0.05) is 0 Å². The van der Waals surface area contributed by atoms with Crippen molar-refractivity contribution in [2.75, 3.05) is 5.32 Å². The normalized spacial score (nSPS) is 12.2. The minimum absolute atomic E-state index is 0.115. The van der Waals surface area contributed by atoms with Gasteiger partial charge in [-0.2, -0.15) is 0 Å². The first-order chi connectivity index (χ1) is 9.38. The maximum atomic E-state index is 13.6. The number of aryl methyl sites for hydroxylation is 1. The van der Waals surface area contributed by atoms with Gasteiger partial charge in [-0.05, 0) is 48.6 Å². The van der Waals surface area contributed by atoms with Gasteiger partial charge in [-0.25, -0.2) is 4.39 Å². The molecule has 1 aromatic carbocycles. The second-order valence-corrected chi connectivity index (χ2v) is 6.84. The summed E-state index contributed by atoms with van der Waals surface area (Å²) in [5, 5.41) is 14.1. The number of anilines is 1. The molecule has 2 aromatic rings. The molecule has 1 N–H and O–H groups in total. The van der Waals surface area contributed by atoms with E-state index in [0.29, 0.717) is 0 Å². The second-order valence-electron chi connectivity index (χ2n) is 4.36. The zero-order valence-corrected chi connectivity index (χ0v) is 13.8. The number of thiophene rings is 1. The van der Waals surface area contributed by atoms with Crippen molar-refractivity contribution < 1.29 is 9.31 Å². The van der Waals surface area contributed by atoms with Crippen LogP contribution in [0.25, 0.3) is 0 Å². The SMILES string of the molecule is Cc1ccc(C(C)Nc2cc(F)c(I)cc2[N+](=O)[O-])s1. The molecule has 0 amide bonds. The van der Waals surface area contributed by atoms with Crippen LogP contribution in [0.15, 0.2) is 24.3 Å². The summed E-state index contributed by atoms with van der Waals surface area (Å²) in [6.45, 7) is 3.89. The maximum Gasteiger partial charge on any atom is 0.293 e. The first-order valence-corrected chi connectivity index (χ1v) is 7.74. The van der Waals surface area contributed by atoms with Crippen LogP contribution in [-0.2, 0) is 0 Å². The molecule has 106 valence electrons. The van der Waals surface area contributed by atoms with Gasteiger partial charge < -0.3 is 5.32 Å². The lowest BCUT2D eigenvalue weighted by molar-refractivity contribution is -0.384. The van der Waals surface area contributed by atoms with Crippen molar-refractivity contribution in [3.05, 3.63) is 53.5 Å². The summed E-state index contributed by atoms with van der Waals surface area (Å²) < 4.78 is 13.8. The van der Waals surface area contributed by atoms with E-state index in [0.717, 1.165) is 9.75 Å². The molecule has 1 atom stereocenters. The van der Waals surface area contributed by atoms with Crippen LogP contribution in [0, 0.1) is 26.4 Å². The van der Waals surface area contributed by atoms with Crippen LogP contribution in [0.4, 0.5) is 15.8 Å². The smallest absolute Gasteiger partial charge is 0.293 e. The number of hydrogen-bond donors (Lipinski definition) is 1. The molecule has 1 heterocycles. The summed E-state index contributed by atoms with van der Waals surface area (Å²) in [6, 6.07) is 6.25. The molecule has 2 rings (SSSR count). The van der Waals surface area contributed by atoms with Crippen LogP contribution in [0.3, 0.4) is 0 Å². The minimum atomic E-state index is -0.504. The molecule has 0 fully saturated rings. The highest BCUT2D eigenvalue weighted by molar-refractivity contribution is 14.1. The Balaban J connectivity index is 2.33. The Morgan fingerprint density at radius 2 is 2.15 bits per heavy atom. The Hall–Kier alpha value is -1.22. The quantitative estimate of drug-likeness (QED) is 0.447. The largest absolute Gasteiger partial charge is 0.372 e. The van der Waals surface area contributed by atoms with Gasteiger partial charge in [0.05, 0.1) is 14.5 Å². The van der Waals surface area contributed by atoms with Crippen LogP contribution in [0.2, 0.25) is 0 Å². The summed E-state index contributed by atoms with van der Waals surface area (Å²) >= 11 is 3.35. The standard InChI is InChI=1S/C13H12FIN2O2S/c1-7-3-4-13(20-7)8(2)16-11-5-9(14)10(15)6-12(11)17(18)19/h3-6,8,16H,1-2H3. The molecule has 0 radical (unpaired) electrons. The minimum Gasteiger partial charge on any atom is -0.372 e. The van der Waals surface area contributed by atoms with E-state index >= 15 is 0 Å². The fourth-order valence-corrected chi connectivity index (χ4v) is 3.12. The van der Waals surface area contributed by atoms with Crippen LogP contribution >= 0.6 is 33.9 Å². The number of nitro benzene ring substituents is 1. The van der Waals surface area contributed by atoms with Crippen LogP contribution < -0.4 is 5.32 Å². The molecule has 0 bridgehead atoms. The first kappa shape index (κ1) is 15.2. The fourth-order valence-electron chi connectivity index (χ4n) is 1.79. The molecule has 1 unspecified atom stereocenters. The molecule has 0 saturated heterocycles. The highest BCUT2D eigenvalue weighted by Crippen LogP contribution is 2.33. The first-order valence-electron chi connectivity index (χ1n) is 5.85. The second kappa shape index (κ2) is 6.04. The Morgan fingerprint density at radius 3 is 2.70 bits per heavy atom. The van der Waals surface area contributed by atoms with E-state index in [1.165, 1.54) is 12.1 Å². The molecule has 20 heavy (non-hydrogen) atoms. The summed E-state index contributed by atoms with van der Waals surface area (Å²) in [6.07, 6.45) is 0. The third-order valence-corrected chi connectivity index (χ3v) is 4.81. The predicted molar refractivity (Wildman–Crippen MR) is 86.9 cm³/mol. The molecule has 1 aromatic heterocycles. The topological polar surface area (TPSA) is 55.2 Å². The van der Waals surface area contributed by atoms with Gasteiger partial charge in [0.15, 0.2) is 0 Å². The van der Waals surface area contributed by atoms with Gasteiger partial charge in [-0.3, -0.25) is 10.1 Å². The van der Waals surface area contributed by atoms with E-state index in [-0.39, 0.29) is 21.0 Å². The van der Waals surface area contributed by atoms with Gasteiger partial charge >= 0.3 is 0 Å². The van der Waals surface area contributed by atoms with Crippen molar-refractivity contribution >= 4 is 45.3 Å². The predicted octanol–water partition coefficient (Wildman–Crippen LogP) is 4.88. The number of rotatable bonds is 4. The maximum absolute atomic E-state index is 13.6. The Kier molecular flexibility index (Phi) is 4.59. The third kappa shape index (κ3) is 3.26. The monoisotopic (exact) mass is 406 g/mol. The number of halogens is 2. The molecular weight excluding hydrogens is 394 g/mol. The molecular formula is C13H12FIN2O2S. The number of nitrogens with one attached hydrogen (secondary N) is 1. The lowest BCUT2D eigenvalue weighted by Crippen LogP contribution is -2.08. The third-order valence-electron chi connectivity index (χ3n) is 2.80.